The molecule has 4 N–H and O–H groups in total. The maximum atomic E-state index is 13.9. The van der Waals surface area contributed by atoms with Crippen LogP contribution in [-0.2, 0) is 33.6 Å². The van der Waals surface area contributed by atoms with E-state index in [0.717, 1.165) is 19.3 Å². The largest absolute Gasteiger partial charge is 0.495 e. The Morgan fingerprint density at radius 1 is 0.859 bits per heavy atom. The first-order valence-corrected chi connectivity index (χ1v) is 23.3. The van der Waals surface area contributed by atoms with Gasteiger partial charge in [-0.2, -0.15) is 5.26 Å². The molecule has 64 heavy (non-hydrogen) atoms. The van der Waals surface area contributed by atoms with Crippen molar-refractivity contribution in [2.45, 2.75) is 89.5 Å². The number of sulfone groups is 1. The minimum Gasteiger partial charge on any atom is -0.495 e. The number of pyridine rings is 1. The fourth-order valence-corrected chi connectivity index (χ4v) is 7.79. The predicted molar refractivity (Wildman–Crippen MR) is 243 cm³/mol. The lowest BCUT2D eigenvalue weighted by Gasteiger charge is -2.28. The minimum absolute atomic E-state index is 0.0195. The Morgan fingerprint density at radius 2 is 1.52 bits per heavy atom. The molecule has 1 unspecified atom stereocenters. The summed E-state index contributed by atoms with van der Waals surface area (Å²) in [5, 5.41) is 43.5. The summed E-state index contributed by atoms with van der Waals surface area (Å²) < 4.78 is 55.3. The Balaban J connectivity index is 1.80. The van der Waals surface area contributed by atoms with E-state index in [9.17, 15) is 23.3 Å². The number of hydrogen-bond acceptors (Lipinski definition) is 18. The number of aliphatic hydroxyl groups is 2. The van der Waals surface area contributed by atoms with Crippen LogP contribution in [0.25, 0.3) is 0 Å². The van der Waals surface area contributed by atoms with Gasteiger partial charge in [0.05, 0.1) is 38.7 Å². The summed E-state index contributed by atoms with van der Waals surface area (Å²) in [5.74, 6) is -0.186. The van der Waals surface area contributed by atoms with Crippen LogP contribution in [0, 0.1) is 18.3 Å². The van der Waals surface area contributed by atoms with Gasteiger partial charge in [0, 0.05) is 75.1 Å². The third-order valence-electron chi connectivity index (χ3n) is 10.2. The SMILES string of the molecule is CCC(C)N(CCOC(=O)CCCCCO)CCS(=O)(=O)c1cc(OC)c(N=Nc2c(Nc3ccccc3)nc(NCCOCCOC(=O)CCCCCO)c(C#N)c2C)cc1OC. The summed E-state index contributed by atoms with van der Waals surface area (Å²) >= 11 is 0. The maximum absolute atomic E-state index is 13.9. The van der Waals surface area contributed by atoms with E-state index < -0.39 is 9.84 Å². The average molecular weight is 912 g/mol. The summed E-state index contributed by atoms with van der Waals surface area (Å²) in [6, 6.07) is 14.2. The first kappa shape index (κ1) is 53.0. The summed E-state index contributed by atoms with van der Waals surface area (Å²) in [6.07, 6.45) is 5.36. The van der Waals surface area contributed by atoms with Crippen molar-refractivity contribution in [1.82, 2.24) is 9.88 Å². The first-order chi connectivity index (χ1) is 30.9. The van der Waals surface area contributed by atoms with Crippen LogP contribution in [0.15, 0.2) is 57.6 Å². The standard InChI is InChI=1S/C45H65N7O11S/c1-6-33(2)52(21-26-62-41(55)18-12-8-14-23-53)22-29-64(57,58)40-31-38(59-4)37(30-39(40)60-5)50-51-43-34(3)36(32-46)44(49-45(43)48-35-16-10-7-11-17-35)47-20-25-61-27-28-63-42(56)19-13-9-15-24-54/h7,10-11,16-17,30-31,33,53-54H,6,8-9,12-15,18-29H2,1-5H3,(H2,47,48,49). The van der Waals surface area contributed by atoms with Crippen LogP contribution in [0.1, 0.15) is 82.8 Å². The van der Waals surface area contributed by atoms with E-state index >= 15 is 0 Å². The third-order valence-corrected chi connectivity index (χ3v) is 11.9. The van der Waals surface area contributed by atoms with E-state index in [2.05, 4.69) is 26.9 Å². The molecule has 0 aliphatic heterocycles. The van der Waals surface area contributed by atoms with E-state index in [0.29, 0.717) is 43.5 Å². The number of unbranched alkanes of at least 4 members (excludes halogenated alkanes) is 4. The van der Waals surface area contributed by atoms with Crippen LogP contribution in [0.3, 0.4) is 0 Å². The van der Waals surface area contributed by atoms with Crippen LogP contribution in [0.4, 0.5) is 28.7 Å². The monoisotopic (exact) mass is 911 g/mol. The molecule has 0 radical (unpaired) electrons. The molecule has 352 valence electrons. The van der Waals surface area contributed by atoms with E-state index in [-0.39, 0.29) is 134 Å². The van der Waals surface area contributed by atoms with E-state index in [1.54, 1.807) is 6.92 Å². The molecule has 2 aromatic carbocycles. The highest BCUT2D eigenvalue weighted by molar-refractivity contribution is 7.91. The van der Waals surface area contributed by atoms with Gasteiger partial charge in [0.15, 0.2) is 15.7 Å². The Bertz CT molecular complexity index is 2080. The number of rotatable bonds is 32. The van der Waals surface area contributed by atoms with Gasteiger partial charge in [-0.25, -0.2) is 13.4 Å². The van der Waals surface area contributed by atoms with Gasteiger partial charge >= 0.3 is 11.9 Å². The van der Waals surface area contributed by atoms with Crippen molar-refractivity contribution in [3.05, 3.63) is 53.6 Å². The second-order valence-corrected chi connectivity index (χ2v) is 16.9. The van der Waals surface area contributed by atoms with Crippen molar-refractivity contribution in [1.29, 1.82) is 5.26 Å². The Labute approximate surface area is 377 Å². The van der Waals surface area contributed by atoms with E-state index in [1.807, 2.05) is 49.1 Å². The van der Waals surface area contributed by atoms with Crippen molar-refractivity contribution in [2.24, 2.45) is 10.2 Å². The zero-order valence-electron chi connectivity index (χ0n) is 37.8. The van der Waals surface area contributed by atoms with Gasteiger partial charge in [0.1, 0.15) is 52.9 Å². The van der Waals surface area contributed by atoms with Gasteiger partial charge in [-0.1, -0.05) is 38.0 Å². The van der Waals surface area contributed by atoms with Crippen LogP contribution in [0.5, 0.6) is 11.5 Å². The summed E-state index contributed by atoms with van der Waals surface area (Å²) in [5.41, 5.74) is 1.77. The molecule has 1 atom stereocenters. The number of esters is 2. The summed E-state index contributed by atoms with van der Waals surface area (Å²) in [6.45, 7) is 7.34. The molecule has 0 aliphatic carbocycles. The molecule has 0 bridgehead atoms. The number of carbonyl (C=O) groups is 2. The lowest BCUT2D eigenvalue weighted by atomic mass is 10.1. The number of azo groups is 1. The van der Waals surface area contributed by atoms with Crippen molar-refractivity contribution >= 4 is 50.5 Å². The molecule has 1 heterocycles. The zero-order valence-corrected chi connectivity index (χ0v) is 38.6. The van der Waals surface area contributed by atoms with E-state index in [1.165, 1.54) is 26.4 Å². The number of hydrogen-bond donors (Lipinski definition) is 4. The molecule has 1 aromatic heterocycles. The second kappa shape index (κ2) is 29.1. The number of anilines is 3. The minimum atomic E-state index is -3.95. The first-order valence-electron chi connectivity index (χ1n) is 21.7. The number of aromatic nitrogens is 1. The van der Waals surface area contributed by atoms with Crippen LogP contribution in [-0.4, -0.2) is 126 Å². The molecule has 0 spiro atoms. The van der Waals surface area contributed by atoms with Crippen LogP contribution >= 0.6 is 0 Å². The number of nitrogens with one attached hydrogen (secondary N) is 2. The molecule has 0 amide bonds. The highest BCUT2D eigenvalue weighted by Gasteiger charge is 2.26. The number of para-hydroxylation sites is 1. The van der Waals surface area contributed by atoms with Crippen molar-refractivity contribution in [3.8, 4) is 17.6 Å². The Hall–Kier alpha value is -5.39. The molecule has 0 saturated carbocycles. The number of ether oxygens (including phenoxy) is 5. The summed E-state index contributed by atoms with van der Waals surface area (Å²) in [4.78, 5) is 30.7. The quantitative estimate of drug-likeness (QED) is 0.0282. The third kappa shape index (κ3) is 17.6. The van der Waals surface area contributed by atoms with Crippen molar-refractivity contribution in [2.75, 3.05) is 89.9 Å². The number of aliphatic hydroxyl groups excluding tert-OH is 2. The van der Waals surface area contributed by atoms with Gasteiger partial charge in [-0.15, -0.1) is 10.2 Å². The fourth-order valence-electron chi connectivity index (χ4n) is 6.36. The smallest absolute Gasteiger partial charge is 0.305 e. The highest BCUT2D eigenvalue weighted by atomic mass is 32.2. The van der Waals surface area contributed by atoms with Crippen LogP contribution in [0.2, 0.25) is 0 Å². The van der Waals surface area contributed by atoms with Gasteiger partial charge in [-0.3, -0.25) is 14.5 Å². The van der Waals surface area contributed by atoms with Gasteiger partial charge in [0.25, 0.3) is 0 Å². The zero-order chi connectivity index (χ0) is 46.7. The topological polar surface area (TPSA) is 244 Å². The van der Waals surface area contributed by atoms with Gasteiger partial charge < -0.3 is 44.5 Å². The molecule has 0 saturated heterocycles. The molecule has 0 aliphatic rings. The predicted octanol–water partition coefficient (Wildman–Crippen LogP) is 6.93. The molecule has 3 rings (SSSR count). The Morgan fingerprint density at radius 3 is 2.12 bits per heavy atom. The van der Waals surface area contributed by atoms with Crippen molar-refractivity contribution in [3.63, 3.8) is 0 Å². The number of carbonyl (C=O) groups excluding carboxylic acids is 2. The number of methoxy groups -OCH3 is 2. The summed E-state index contributed by atoms with van der Waals surface area (Å²) in [7, 11) is -1.20. The second-order valence-electron chi connectivity index (χ2n) is 14.8. The van der Waals surface area contributed by atoms with Gasteiger partial charge in [-0.05, 0) is 58.1 Å². The number of nitrogens with zero attached hydrogens (tertiary/aromatic N) is 5. The molecule has 0 fully saturated rings. The number of benzene rings is 2. The van der Waals surface area contributed by atoms with Crippen molar-refractivity contribution < 1.29 is 51.9 Å². The highest BCUT2D eigenvalue weighted by Crippen LogP contribution is 2.41. The molecule has 3 aromatic rings. The normalized spacial score (nSPS) is 11.9. The molecular formula is C45H65N7O11S. The Kier molecular flexibility index (Phi) is 24.1. The molecule has 18 nitrogen and oxygen atoms in total. The fraction of sp³-hybridized carbons (Fsp3) is 0.556. The molecule has 19 heteroatoms. The van der Waals surface area contributed by atoms with E-state index in [4.69, 9.17) is 38.9 Å². The lowest BCUT2D eigenvalue weighted by Crippen LogP contribution is -2.39. The number of nitriles is 1. The average Bonchev–Trinajstić information content (AvgIpc) is 3.29. The maximum Gasteiger partial charge on any atom is 0.305 e. The lowest BCUT2D eigenvalue weighted by molar-refractivity contribution is -0.145. The molecular weight excluding hydrogens is 847 g/mol. The van der Waals surface area contributed by atoms with Gasteiger partial charge in [0.2, 0.25) is 0 Å². The van der Waals surface area contributed by atoms with Crippen LogP contribution < -0.4 is 20.1 Å².